The summed E-state index contributed by atoms with van der Waals surface area (Å²) in [7, 11) is 0. The average molecular weight is 174 g/mol. The average Bonchev–Trinajstić information content (AvgIpc) is 2.03. The lowest BCUT2D eigenvalue weighted by atomic mass is 10.1. The highest BCUT2D eigenvalue weighted by Crippen LogP contribution is 2.28. The van der Waals surface area contributed by atoms with Crippen LogP contribution in [0.5, 0.6) is 0 Å². The highest BCUT2D eigenvalue weighted by Gasteiger charge is 2.14. The minimum absolute atomic E-state index is 0.345. The lowest BCUT2D eigenvalue weighted by Crippen LogP contribution is -2.11. The molecule has 0 aromatic rings. The Labute approximate surface area is 71.4 Å². The number of carbonyl (C=O) groups is 1. The van der Waals surface area contributed by atoms with Crippen LogP contribution in [0.3, 0.4) is 0 Å². The predicted molar refractivity (Wildman–Crippen MR) is 47.0 cm³/mol. The van der Waals surface area contributed by atoms with Crippen LogP contribution in [0.25, 0.3) is 0 Å². The van der Waals surface area contributed by atoms with Gasteiger partial charge in [0.15, 0.2) is 0 Å². The van der Waals surface area contributed by atoms with E-state index in [1.54, 1.807) is 0 Å². The number of hydrogen-bond donors (Lipinski definition) is 1. The van der Waals surface area contributed by atoms with E-state index in [-0.39, 0.29) is 0 Å². The number of carboxylic acids is 1. The molecule has 1 aliphatic rings. The van der Waals surface area contributed by atoms with Gasteiger partial charge in [-0.05, 0) is 25.0 Å². The maximum atomic E-state index is 10.2. The van der Waals surface area contributed by atoms with E-state index < -0.39 is 5.97 Å². The summed E-state index contributed by atoms with van der Waals surface area (Å²) in [5.74, 6) is 0.570. The molecule has 0 amide bonds. The van der Waals surface area contributed by atoms with E-state index in [4.69, 9.17) is 5.11 Å². The summed E-state index contributed by atoms with van der Waals surface area (Å²) in [5.41, 5.74) is 0. The summed E-state index contributed by atoms with van der Waals surface area (Å²) < 4.78 is 0. The van der Waals surface area contributed by atoms with E-state index >= 15 is 0 Å². The molecule has 1 unspecified atom stereocenters. The van der Waals surface area contributed by atoms with Gasteiger partial charge in [-0.3, -0.25) is 4.79 Å². The summed E-state index contributed by atoms with van der Waals surface area (Å²) in [5, 5.41) is 9.06. The van der Waals surface area contributed by atoms with Gasteiger partial charge in [-0.2, -0.15) is 11.8 Å². The first kappa shape index (κ1) is 8.91. The van der Waals surface area contributed by atoms with E-state index in [9.17, 15) is 4.79 Å². The Bertz CT molecular complexity index is 130. The highest BCUT2D eigenvalue weighted by atomic mass is 32.2. The first-order valence-electron chi connectivity index (χ1n) is 4.12. The van der Waals surface area contributed by atoms with Crippen molar-refractivity contribution in [3.05, 3.63) is 0 Å². The maximum absolute atomic E-state index is 10.2. The van der Waals surface area contributed by atoms with Crippen molar-refractivity contribution in [2.45, 2.75) is 37.4 Å². The molecular formula is C8H14O2S. The summed E-state index contributed by atoms with van der Waals surface area (Å²) >= 11 is 1.94. The van der Waals surface area contributed by atoms with Crippen molar-refractivity contribution in [2.75, 3.05) is 5.75 Å². The van der Waals surface area contributed by atoms with E-state index in [2.05, 4.69) is 0 Å². The number of thioether (sulfide) groups is 1. The fraction of sp³-hybridized carbons (Fsp3) is 0.875. The SMILES string of the molecule is O=C(O)CCC1CCCCS1. The Hall–Kier alpha value is -0.180. The molecule has 0 saturated carbocycles. The third-order valence-corrected chi connectivity index (χ3v) is 3.42. The molecule has 1 saturated heterocycles. The Balaban J connectivity index is 2.09. The summed E-state index contributed by atoms with van der Waals surface area (Å²) in [6.45, 7) is 0. The van der Waals surface area contributed by atoms with Crippen LogP contribution >= 0.6 is 11.8 Å². The second kappa shape index (κ2) is 4.65. The number of rotatable bonds is 3. The molecule has 1 rings (SSSR count). The molecule has 0 aromatic heterocycles. The van der Waals surface area contributed by atoms with E-state index in [1.807, 2.05) is 11.8 Å². The van der Waals surface area contributed by atoms with Gasteiger partial charge in [-0.15, -0.1) is 0 Å². The van der Waals surface area contributed by atoms with Gasteiger partial charge in [0.05, 0.1) is 0 Å². The van der Waals surface area contributed by atoms with Gasteiger partial charge >= 0.3 is 5.97 Å². The van der Waals surface area contributed by atoms with Crippen LogP contribution in [0.15, 0.2) is 0 Å². The molecule has 11 heavy (non-hydrogen) atoms. The molecular weight excluding hydrogens is 160 g/mol. The molecule has 64 valence electrons. The number of hydrogen-bond acceptors (Lipinski definition) is 2. The third kappa shape index (κ3) is 3.65. The molecule has 1 heterocycles. The fourth-order valence-electron chi connectivity index (χ4n) is 1.32. The molecule has 0 spiro atoms. The van der Waals surface area contributed by atoms with Gasteiger partial charge in [0.25, 0.3) is 0 Å². The normalized spacial score (nSPS) is 24.9. The Morgan fingerprint density at radius 2 is 2.36 bits per heavy atom. The molecule has 2 nitrogen and oxygen atoms in total. The van der Waals surface area contributed by atoms with E-state index in [1.165, 1.54) is 25.0 Å². The van der Waals surface area contributed by atoms with Gasteiger partial charge in [0.1, 0.15) is 0 Å². The molecule has 0 aromatic carbocycles. The molecule has 0 aliphatic carbocycles. The lowest BCUT2D eigenvalue weighted by Gasteiger charge is -2.19. The van der Waals surface area contributed by atoms with E-state index in [0.29, 0.717) is 11.7 Å². The van der Waals surface area contributed by atoms with Crippen LogP contribution in [0.2, 0.25) is 0 Å². The second-order valence-corrected chi connectivity index (χ2v) is 4.33. The largest absolute Gasteiger partial charge is 0.481 e. The summed E-state index contributed by atoms with van der Waals surface area (Å²) in [4.78, 5) is 10.2. The number of aliphatic carboxylic acids is 1. The van der Waals surface area contributed by atoms with Crippen molar-refractivity contribution in [2.24, 2.45) is 0 Å². The third-order valence-electron chi connectivity index (χ3n) is 1.95. The summed E-state index contributed by atoms with van der Waals surface area (Å²) in [6.07, 6.45) is 5.03. The lowest BCUT2D eigenvalue weighted by molar-refractivity contribution is -0.137. The van der Waals surface area contributed by atoms with Gasteiger partial charge in [0.2, 0.25) is 0 Å². The van der Waals surface area contributed by atoms with Crippen molar-refractivity contribution < 1.29 is 9.90 Å². The van der Waals surface area contributed by atoms with Crippen LogP contribution in [0.1, 0.15) is 32.1 Å². The molecule has 1 atom stereocenters. The second-order valence-electron chi connectivity index (χ2n) is 2.92. The van der Waals surface area contributed by atoms with Crippen LogP contribution in [-0.2, 0) is 4.79 Å². The van der Waals surface area contributed by atoms with Crippen molar-refractivity contribution in [1.82, 2.24) is 0 Å². The maximum Gasteiger partial charge on any atom is 0.303 e. The van der Waals surface area contributed by atoms with Gasteiger partial charge in [-0.1, -0.05) is 6.42 Å². The quantitative estimate of drug-likeness (QED) is 0.712. The molecule has 0 radical (unpaired) electrons. The Morgan fingerprint density at radius 3 is 2.91 bits per heavy atom. The highest BCUT2D eigenvalue weighted by molar-refractivity contribution is 7.99. The molecule has 1 fully saturated rings. The zero-order chi connectivity index (χ0) is 8.10. The topological polar surface area (TPSA) is 37.3 Å². The minimum atomic E-state index is -0.656. The van der Waals surface area contributed by atoms with Gasteiger partial charge in [0, 0.05) is 11.7 Å². The zero-order valence-corrected chi connectivity index (χ0v) is 7.40. The zero-order valence-electron chi connectivity index (χ0n) is 6.58. The van der Waals surface area contributed by atoms with E-state index in [0.717, 1.165) is 6.42 Å². The van der Waals surface area contributed by atoms with Gasteiger partial charge in [-0.25, -0.2) is 0 Å². The minimum Gasteiger partial charge on any atom is -0.481 e. The first-order chi connectivity index (χ1) is 5.29. The number of carboxylic acid groups (broad SMARTS) is 1. The fourth-order valence-corrected chi connectivity index (χ4v) is 2.64. The van der Waals surface area contributed by atoms with Crippen LogP contribution < -0.4 is 0 Å². The van der Waals surface area contributed by atoms with Crippen molar-refractivity contribution in [1.29, 1.82) is 0 Å². The summed E-state index contributed by atoms with van der Waals surface area (Å²) in [6, 6.07) is 0. The Kier molecular flexibility index (Phi) is 3.77. The predicted octanol–water partition coefficient (Wildman–Crippen LogP) is 2.14. The van der Waals surface area contributed by atoms with Crippen LogP contribution in [0.4, 0.5) is 0 Å². The van der Waals surface area contributed by atoms with Crippen molar-refractivity contribution in [3.8, 4) is 0 Å². The molecule has 1 aliphatic heterocycles. The molecule has 3 heteroatoms. The van der Waals surface area contributed by atoms with Crippen LogP contribution in [-0.4, -0.2) is 22.1 Å². The molecule has 0 bridgehead atoms. The standard InChI is InChI=1S/C8H14O2S/c9-8(10)5-4-7-3-1-2-6-11-7/h7H,1-6H2,(H,9,10). The van der Waals surface area contributed by atoms with Gasteiger partial charge < -0.3 is 5.11 Å². The molecule has 1 N–H and O–H groups in total. The van der Waals surface area contributed by atoms with Crippen molar-refractivity contribution >= 4 is 17.7 Å². The smallest absolute Gasteiger partial charge is 0.303 e. The van der Waals surface area contributed by atoms with Crippen molar-refractivity contribution in [3.63, 3.8) is 0 Å². The monoisotopic (exact) mass is 174 g/mol. The Morgan fingerprint density at radius 1 is 1.55 bits per heavy atom. The van der Waals surface area contributed by atoms with Crippen LogP contribution in [0, 0.1) is 0 Å². The first-order valence-corrected chi connectivity index (χ1v) is 5.17.